The quantitative estimate of drug-likeness (QED) is 0.828. The van der Waals surface area contributed by atoms with E-state index in [9.17, 15) is 4.79 Å². The summed E-state index contributed by atoms with van der Waals surface area (Å²) in [6.45, 7) is 7.86. The van der Waals surface area contributed by atoms with Crippen molar-refractivity contribution in [1.29, 1.82) is 0 Å². The second kappa shape index (κ2) is 8.50. The molecule has 2 aromatic rings. The summed E-state index contributed by atoms with van der Waals surface area (Å²) < 4.78 is 5.76. The standard InChI is InChI=1S/C22H25NO2/c1-17(25-22(2,3)4)16-21(24)23-20-14-12-19(13-15-20)11-10-18-8-6-5-7-9-18/h5-9,12-15,17H,16H2,1-4H3,(H,23,24)/t17-/m1/s1. The third-order valence-electron chi connectivity index (χ3n) is 3.32. The molecule has 0 spiro atoms. The zero-order valence-electron chi connectivity index (χ0n) is 15.3. The highest BCUT2D eigenvalue weighted by Crippen LogP contribution is 2.14. The SMILES string of the molecule is C[C@H](CC(=O)Nc1ccc(C#Cc2ccccc2)cc1)OC(C)(C)C. The van der Waals surface area contributed by atoms with Crippen LogP contribution in [-0.4, -0.2) is 17.6 Å². The van der Waals surface area contributed by atoms with Crippen LogP contribution >= 0.6 is 0 Å². The highest BCUT2D eigenvalue weighted by Gasteiger charge is 2.17. The zero-order valence-corrected chi connectivity index (χ0v) is 15.3. The van der Waals surface area contributed by atoms with Crippen LogP contribution in [-0.2, 0) is 9.53 Å². The smallest absolute Gasteiger partial charge is 0.226 e. The van der Waals surface area contributed by atoms with Gasteiger partial charge in [-0.15, -0.1) is 0 Å². The second-order valence-corrected chi connectivity index (χ2v) is 6.99. The molecule has 1 amide bonds. The molecule has 0 radical (unpaired) electrons. The molecule has 0 aliphatic carbocycles. The average Bonchev–Trinajstić information content (AvgIpc) is 2.53. The van der Waals surface area contributed by atoms with Crippen molar-refractivity contribution >= 4 is 11.6 Å². The first kappa shape index (κ1) is 18.8. The molecule has 0 aliphatic rings. The van der Waals surface area contributed by atoms with Crippen molar-refractivity contribution in [3.05, 3.63) is 65.7 Å². The van der Waals surface area contributed by atoms with Crippen LogP contribution < -0.4 is 5.32 Å². The van der Waals surface area contributed by atoms with Gasteiger partial charge in [-0.25, -0.2) is 0 Å². The Labute approximate surface area is 150 Å². The maximum absolute atomic E-state index is 12.1. The predicted molar refractivity (Wildman–Crippen MR) is 102 cm³/mol. The Bertz CT molecular complexity index is 747. The molecule has 25 heavy (non-hydrogen) atoms. The van der Waals surface area contributed by atoms with Gasteiger partial charge >= 0.3 is 0 Å². The lowest BCUT2D eigenvalue weighted by Crippen LogP contribution is -2.28. The van der Waals surface area contributed by atoms with Crippen molar-refractivity contribution in [2.24, 2.45) is 0 Å². The molecule has 0 heterocycles. The van der Waals surface area contributed by atoms with Gasteiger partial charge in [0.25, 0.3) is 0 Å². The summed E-state index contributed by atoms with van der Waals surface area (Å²) in [6.07, 6.45) is 0.198. The number of carbonyl (C=O) groups excluding carboxylic acids is 1. The Balaban J connectivity index is 1.90. The van der Waals surface area contributed by atoms with Crippen LogP contribution in [0.25, 0.3) is 0 Å². The second-order valence-electron chi connectivity index (χ2n) is 6.99. The molecule has 0 aliphatic heterocycles. The fourth-order valence-corrected chi connectivity index (χ4v) is 2.42. The summed E-state index contributed by atoms with van der Waals surface area (Å²) in [5, 5.41) is 2.89. The van der Waals surface area contributed by atoms with Gasteiger partial charge in [0.2, 0.25) is 5.91 Å². The lowest BCUT2D eigenvalue weighted by molar-refractivity contribution is -0.121. The van der Waals surface area contributed by atoms with Crippen LogP contribution in [0.1, 0.15) is 45.2 Å². The van der Waals surface area contributed by atoms with E-state index in [-0.39, 0.29) is 17.6 Å². The summed E-state index contributed by atoms with van der Waals surface area (Å²) in [5.74, 6) is 6.18. The molecule has 2 rings (SSSR count). The van der Waals surface area contributed by atoms with Gasteiger partial charge in [0.1, 0.15) is 0 Å². The molecule has 1 atom stereocenters. The van der Waals surface area contributed by atoms with E-state index in [1.165, 1.54) is 0 Å². The van der Waals surface area contributed by atoms with Crippen molar-refractivity contribution in [2.45, 2.75) is 45.8 Å². The Kier molecular flexibility index (Phi) is 6.38. The van der Waals surface area contributed by atoms with Gasteiger partial charge in [0.05, 0.1) is 18.1 Å². The van der Waals surface area contributed by atoms with Crippen molar-refractivity contribution in [1.82, 2.24) is 0 Å². The molecule has 1 N–H and O–H groups in total. The molecular formula is C22H25NO2. The van der Waals surface area contributed by atoms with Crippen LogP contribution in [0.4, 0.5) is 5.69 Å². The summed E-state index contributed by atoms with van der Waals surface area (Å²) >= 11 is 0. The highest BCUT2D eigenvalue weighted by molar-refractivity contribution is 5.91. The van der Waals surface area contributed by atoms with Gasteiger partial charge in [0.15, 0.2) is 0 Å². The Morgan fingerprint density at radius 1 is 1.00 bits per heavy atom. The first-order valence-corrected chi connectivity index (χ1v) is 8.47. The van der Waals surface area contributed by atoms with Crippen molar-refractivity contribution in [2.75, 3.05) is 5.32 Å². The molecule has 0 fully saturated rings. The van der Waals surface area contributed by atoms with Crippen LogP contribution in [0.2, 0.25) is 0 Å². The van der Waals surface area contributed by atoms with Gasteiger partial charge in [0, 0.05) is 16.8 Å². The summed E-state index contributed by atoms with van der Waals surface area (Å²) in [6, 6.07) is 17.4. The first-order chi connectivity index (χ1) is 11.8. The van der Waals surface area contributed by atoms with E-state index >= 15 is 0 Å². The highest BCUT2D eigenvalue weighted by atomic mass is 16.5. The van der Waals surface area contributed by atoms with E-state index in [0.29, 0.717) is 6.42 Å². The summed E-state index contributed by atoms with van der Waals surface area (Å²) in [4.78, 5) is 12.1. The van der Waals surface area contributed by atoms with Gasteiger partial charge in [-0.2, -0.15) is 0 Å². The molecule has 0 saturated carbocycles. The van der Waals surface area contributed by atoms with Crippen LogP contribution in [0, 0.1) is 11.8 Å². The van der Waals surface area contributed by atoms with Gasteiger partial charge in [-0.1, -0.05) is 30.0 Å². The Morgan fingerprint density at radius 2 is 1.56 bits per heavy atom. The maximum atomic E-state index is 12.1. The third kappa shape index (κ3) is 7.24. The van der Waals surface area contributed by atoms with Gasteiger partial charge in [-0.05, 0) is 64.1 Å². The number of ether oxygens (including phenoxy) is 1. The number of nitrogens with one attached hydrogen (secondary N) is 1. The molecule has 130 valence electrons. The van der Waals surface area contributed by atoms with E-state index < -0.39 is 0 Å². The van der Waals surface area contributed by atoms with E-state index in [1.54, 1.807) is 0 Å². The molecule has 2 aromatic carbocycles. The lowest BCUT2D eigenvalue weighted by atomic mass is 10.1. The lowest BCUT2D eigenvalue weighted by Gasteiger charge is -2.24. The van der Waals surface area contributed by atoms with E-state index in [2.05, 4.69) is 17.2 Å². The van der Waals surface area contributed by atoms with Crippen molar-refractivity contribution in [3.8, 4) is 11.8 Å². The first-order valence-electron chi connectivity index (χ1n) is 8.47. The zero-order chi connectivity index (χ0) is 18.3. The van der Waals surface area contributed by atoms with Gasteiger partial charge < -0.3 is 10.1 Å². The minimum Gasteiger partial charge on any atom is -0.372 e. The monoisotopic (exact) mass is 335 g/mol. The number of anilines is 1. The van der Waals surface area contributed by atoms with Crippen LogP contribution in [0.3, 0.4) is 0 Å². The van der Waals surface area contributed by atoms with Gasteiger partial charge in [-0.3, -0.25) is 4.79 Å². The number of amides is 1. The fourth-order valence-electron chi connectivity index (χ4n) is 2.42. The molecular weight excluding hydrogens is 310 g/mol. The number of rotatable bonds is 4. The van der Waals surface area contributed by atoms with E-state index in [1.807, 2.05) is 82.3 Å². The van der Waals surface area contributed by atoms with Crippen molar-refractivity contribution in [3.63, 3.8) is 0 Å². The minimum atomic E-state index is -0.251. The van der Waals surface area contributed by atoms with E-state index in [0.717, 1.165) is 16.8 Å². The largest absolute Gasteiger partial charge is 0.372 e. The molecule has 0 saturated heterocycles. The van der Waals surface area contributed by atoms with Crippen LogP contribution in [0.5, 0.6) is 0 Å². The molecule has 0 aromatic heterocycles. The average molecular weight is 335 g/mol. The minimum absolute atomic E-state index is 0.0557. The molecule has 3 heteroatoms. The van der Waals surface area contributed by atoms with Crippen molar-refractivity contribution < 1.29 is 9.53 Å². The maximum Gasteiger partial charge on any atom is 0.226 e. The summed E-state index contributed by atoms with van der Waals surface area (Å²) in [7, 11) is 0. The van der Waals surface area contributed by atoms with Crippen LogP contribution in [0.15, 0.2) is 54.6 Å². The molecule has 0 unspecified atom stereocenters. The topological polar surface area (TPSA) is 38.3 Å². The Morgan fingerprint density at radius 3 is 2.12 bits per heavy atom. The Hall–Kier alpha value is -2.57. The molecule has 0 bridgehead atoms. The number of benzene rings is 2. The number of hydrogen-bond acceptors (Lipinski definition) is 2. The summed E-state index contributed by atoms with van der Waals surface area (Å²) in [5.41, 5.74) is 2.40. The molecule has 3 nitrogen and oxygen atoms in total. The fraction of sp³-hybridized carbons (Fsp3) is 0.318. The predicted octanol–water partition coefficient (Wildman–Crippen LogP) is 4.62. The normalized spacial score (nSPS) is 12.0. The van der Waals surface area contributed by atoms with E-state index in [4.69, 9.17) is 4.74 Å². The number of carbonyl (C=O) groups is 1. The number of hydrogen-bond donors (Lipinski definition) is 1. The third-order valence-corrected chi connectivity index (χ3v) is 3.32.